The van der Waals surface area contributed by atoms with Gasteiger partial charge in [0.15, 0.2) is 5.82 Å². The summed E-state index contributed by atoms with van der Waals surface area (Å²) < 4.78 is 38.8. The van der Waals surface area contributed by atoms with Gasteiger partial charge in [-0.25, -0.2) is 9.97 Å². The number of alkyl halides is 3. The fraction of sp³-hybridized carbons (Fsp3) is 0.261. The maximum absolute atomic E-state index is 12.9. The zero-order valence-corrected chi connectivity index (χ0v) is 18.3. The molecule has 1 amide bonds. The van der Waals surface area contributed by atoms with Crippen LogP contribution in [0, 0.1) is 0 Å². The Labute approximate surface area is 189 Å². The summed E-state index contributed by atoms with van der Waals surface area (Å²) in [5.74, 6) is 0.303. The molecule has 1 heterocycles. The summed E-state index contributed by atoms with van der Waals surface area (Å²) in [4.78, 5) is 23.0. The van der Waals surface area contributed by atoms with Crippen molar-refractivity contribution in [2.45, 2.75) is 20.0 Å². The second-order valence-electron chi connectivity index (χ2n) is 6.92. The van der Waals surface area contributed by atoms with Crippen LogP contribution in [-0.4, -0.2) is 40.4 Å². The van der Waals surface area contributed by atoms with Crippen LogP contribution in [0.4, 0.5) is 19.0 Å². The summed E-state index contributed by atoms with van der Waals surface area (Å²) in [6, 6.07) is 13.7. The first-order chi connectivity index (χ1) is 15.2. The molecule has 0 aliphatic rings. The van der Waals surface area contributed by atoms with E-state index in [1.165, 1.54) is 12.1 Å². The molecule has 0 saturated heterocycles. The first-order valence-corrected chi connectivity index (χ1v) is 10.4. The van der Waals surface area contributed by atoms with Crippen molar-refractivity contribution in [3.8, 4) is 22.6 Å². The second-order valence-corrected chi connectivity index (χ2v) is 7.30. The van der Waals surface area contributed by atoms with Crippen molar-refractivity contribution in [1.29, 1.82) is 0 Å². The Morgan fingerprint density at radius 1 is 0.969 bits per heavy atom. The predicted molar refractivity (Wildman–Crippen MR) is 119 cm³/mol. The van der Waals surface area contributed by atoms with Gasteiger partial charge < -0.3 is 10.2 Å². The highest BCUT2D eigenvalue weighted by molar-refractivity contribution is 6.35. The maximum Gasteiger partial charge on any atom is 0.416 e. The van der Waals surface area contributed by atoms with Gasteiger partial charge in [-0.1, -0.05) is 54.1 Å². The number of nitrogens with one attached hydrogen (secondary N) is 1. The Kier molecular flexibility index (Phi) is 7.35. The van der Waals surface area contributed by atoms with E-state index < -0.39 is 11.7 Å². The summed E-state index contributed by atoms with van der Waals surface area (Å²) in [5, 5.41) is 3.19. The predicted octanol–water partition coefficient (Wildman–Crippen LogP) is 5.76. The van der Waals surface area contributed by atoms with Gasteiger partial charge in [0.25, 0.3) is 0 Å². The molecule has 1 aromatic heterocycles. The minimum absolute atomic E-state index is 0.0287. The summed E-state index contributed by atoms with van der Waals surface area (Å²) in [6.45, 7) is 4.88. The van der Waals surface area contributed by atoms with E-state index in [0.717, 1.165) is 12.1 Å². The molecule has 0 aliphatic heterocycles. The molecule has 0 spiro atoms. The van der Waals surface area contributed by atoms with Gasteiger partial charge in [0, 0.05) is 24.2 Å². The quantitative estimate of drug-likeness (QED) is 0.484. The largest absolute Gasteiger partial charge is 0.416 e. The minimum Gasteiger partial charge on any atom is -0.360 e. The van der Waals surface area contributed by atoms with Crippen molar-refractivity contribution < 1.29 is 18.0 Å². The number of hydrogen-bond acceptors (Lipinski definition) is 4. The van der Waals surface area contributed by atoms with Gasteiger partial charge in [0.2, 0.25) is 5.91 Å². The first-order valence-electron chi connectivity index (χ1n) is 10.1. The Bertz CT molecular complexity index is 1070. The Morgan fingerprint density at radius 2 is 1.59 bits per heavy atom. The molecule has 32 heavy (non-hydrogen) atoms. The van der Waals surface area contributed by atoms with Gasteiger partial charge in [-0.15, -0.1) is 0 Å². The fourth-order valence-electron chi connectivity index (χ4n) is 3.14. The van der Waals surface area contributed by atoms with E-state index in [4.69, 9.17) is 11.6 Å². The van der Waals surface area contributed by atoms with E-state index in [-0.39, 0.29) is 29.1 Å². The molecule has 1 N–H and O–H groups in total. The van der Waals surface area contributed by atoms with Gasteiger partial charge in [-0.2, -0.15) is 13.2 Å². The van der Waals surface area contributed by atoms with Crippen LogP contribution in [0.15, 0.2) is 54.6 Å². The van der Waals surface area contributed by atoms with E-state index in [1.807, 2.05) is 44.2 Å². The van der Waals surface area contributed by atoms with Crippen molar-refractivity contribution in [1.82, 2.24) is 14.9 Å². The third-order valence-electron chi connectivity index (χ3n) is 4.89. The number of rotatable bonds is 7. The van der Waals surface area contributed by atoms with Gasteiger partial charge in [0.05, 0.1) is 17.8 Å². The SMILES string of the molecule is CCN(CC)C(=O)CNc1nc(-c2ccc(C(F)(F)F)cc2)nc(-c2ccccc2)c1Cl. The number of carbonyl (C=O) groups excluding carboxylic acids is 1. The highest BCUT2D eigenvalue weighted by Crippen LogP contribution is 2.35. The number of carbonyl (C=O) groups is 1. The third kappa shape index (κ3) is 5.37. The number of benzene rings is 2. The third-order valence-corrected chi connectivity index (χ3v) is 5.25. The minimum atomic E-state index is -4.44. The van der Waals surface area contributed by atoms with Gasteiger partial charge in [-0.05, 0) is 26.0 Å². The standard InChI is InChI=1S/C23H22ClF3N4O/c1-3-31(4-2)18(32)14-28-22-19(24)20(15-8-6-5-7-9-15)29-21(30-22)16-10-12-17(13-11-16)23(25,26)27/h5-13H,3-4,14H2,1-2H3,(H,28,29,30). The Hall–Kier alpha value is -3.13. The number of likely N-dealkylation sites (N-methyl/N-ethyl adjacent to an activating group) is 1. The van der Waals surface area contributed by atoms with E-state index in [1.54, 1.807) is 4.90 Å². The summed E-state index contributed by atoms with van der Waals surface area (Å²) >= 11 is 6.56. The molecule has 0 aliphatic carbocycles. The second kappa shape index (κ2) is 9.99. The molecule has 168 valence electrons. The van der Waals surface area contributed by atoms with Crippen LogP contribution in [0.25, 0.3) is 22.6 Å². The number of anilines is 1. The zero-order valence-electron chi connectivity index (χ0n) is 17.6. The van der Waals surface area contributed by atoms with Crippen LogP contribution < -0.4 is 5.32 Å². The summed E-state index contributed by atoms with van der Waals surface area (Å²) in [6.07, 6.45) is -4.44. The van der Waals surface area contributed by atoms with E-state index in [2.05, 4.69) is 15.3 Å². The van der Waals surface area contributed by atoms with E-state index in [9.17, 15) is 18.0 Å². The molecule has 0 unspecified atom stereocenters. The highest BCUT2D eigenvalue weighted by atomic mass is 35.5. The monoisotopic (exact) mass is 462 g/mol. The Morgan fingerprint density at radius 3 is 2.16 bits per heavy atom. The van der Waals surface area contributed by atoms with Gasteiger partial charge in [0.1, 0.15) is 10.8 Å². The van der Waals surface area contributed by atoms with Gasteiger partial charge in [-0.3, -0.25) is 4.79 Å². The molecule has 0 radical (unpaired) electrons. The number of halogens is 4. The molecule has 2 aromatic carbocycles. The molecule has 9 heteroatoms. The van der Waals surface area contributed by atoms with Crippen molar-refractivity contribution in [3.05, 3.63) is 65.2 Å². The Balaban J connectivity index is 2.02. The topological polar surface area (TPSA) is 58.1 Å². The number of aromatic nitrogens is 2. The lowest BCUT2D eigenvalue weighted by atomic mass is 10.1. The number of nitrogens with zero attached hydrogens (tertiary/aromatic N) is 3. The molecule has 3 aromatic rings. The number of hydrogen-bond donors (Lipinski definition) is 1. The molecule has 3 rings (SSSR count). The lowest BCUT2D eigenvalue weighted by Crippen LogP contribution is -2.35. The lowest BCUT2D eigenvalue weighted by molar-refractivity contribution is -0.137. The van der Waals surface area contributed by atoms with Crippen LogP contribution in [-0.2, 0) is 11.0 Å². The molecule has 0 bridgehead atoms. The smallest absolute Gasteiger partial charge is 0.360 e. The average molecular weight is 463 g/mol. The van der Waals surface area contributed by atoms with Crippen LogP contribution in [0.2, 0.25) is 5.02 Å². The maximum atomic E-state index is 12.9. The van der Waals surface area contributed by atoms with Crippen molar-refractivity contribution in [2.75, 3.05) is 25.0 Å². The normalized spacial score (nSPS) is 11.3. The highest BCUT2D eigenvalue weighted by Gasteiger charge is 2.30. The van der Waals surface area contributed by atoms with E-state index in [0.29, 0.717) is 29.9 Å². The molecular formula is C23H22ClF3N4O. The molecule has 0 atom stereocenters. The van der Waals surface area contributed by atoms with E-state index >= 15 is 0 Å². The first kappa shape index (κ1) is 23.5. The lowest BCUT2D eigenvalue weighted by Gasteiger charge is -2.19. The molecular weight excluding hydrogens is 441 g/mol. The van der Waals surface area contributed by atoms with Crippen LogP contribution >= 0.6 is 11.6 Å². The summed E-state index contributed by atoms with van der Waals surface area (Å²) in [5.41, 5.74) is 0.757. The average Bonchev–Trinajstić information content (AvgIpc) is 2.79. The van der Waals surface area contributed by atoms with Crippen molar-refractivity contribution >= 4 is 23.3 Å². The molecule has 0 fully saturated rings. The summed E-state index contributed by atoms with van der Waals surface area (Å²) in [7, 11) is 0. The molecule has 5 nitrogen and oxygen atoms in total. The zero-order chi connectivity index (χ0) is 23.3. The molecule has 0 saturated carbocycles. The van der Waals surface area contributed by atoms with Crippen LogP contribution in [0.3, 0.4) is 0 Å². The number of amides is 1. The van der Waals surface area contributed by atoms with Crippen molar-refractivity contribution in [3.63, 3.8) is 0 Å². The van der Waals surface area contributed by atoms with Gasteiger partial charge >= 0.3 is 6.18 Å². The fourth-order valence-corrected chi connectivity index (χ4v) is 3.40. The van der Waals surface area contributed by atoms with Crippen LogP contribution in [0.1, 0.15) is 19.4 Å². The van der Waals surface area contributed by atoms with Crippen molar-refractivity contribution in [2.24, 2.45) is 0 Å². The van der Waals surface area contributed by atoms with Crippen LogP contribution in [0.5, 0.6) is 0 Å².